The summed E-state index contributed by atoms with van der Waals surface area (Å²) < 4.78 is 10.2. The molecule has 0 radical (unpaired) electrons. The van der Waals surface area contributed by atoms with Gasteiger partial charge in [0.15, 0.2) is 5.82 Å². The molecular formula is C14H19N5O2. The van der Waals surface area contributed by atoms with Gasteiger partial charge in [-0.15, -0.1) is 0 Å². The third-order valence-corrected chi connectivity index (χ3v) is 3.60. The first-order chi connectivity index (χ1) is 10.3. The van der Waals surface area contributed by atoms with Crippen molar-refractivity contribution in [2.24, 2.45) is 5.73 Å². The molecular weight excluding hydrogens is 270 g/mol. The number of nitrogens with zero attached hydrogens (tertiary/aromatic N) is 4. The Balaban J connectivity index is 1.71. The van der Waals surface area contributed by atoms with Crippen LogP contribution in [0.25, 0.3) is 11.5 Å². The van der Waals surface area contributed by atoms with Crippen molar-refractivity contribution < 1.29 is 9.26 Å². The molecule has 3 heterocycles. The van der Waals surface area contributed by atoms with Gasteiger partial charge in [0, 0.05) is 32.4 Å². The standard InChI is InChI=1S/C14H19N5O2/c1-20-9-12-17-14(21-18-12)10-2-3-13(16-8-10)19-6-4-11(15)5-7-19/h2-3,8,11H,4-7,9,15H2,1H3. The second-order valence-electron chi connectivity index (χ2n) is 5.18. The molecule has 7 heteroatoms. The summed E-state index contributed by atoms with van der Waals surface area (Å²) >= 11 is 0. The van der Waals surface area contributed by atoms with Gasteiger partial charge in [0.2, 0.25) is 0 Å². The maximum atomic E-state index is 5.92. The van der Waals surface area contributed by atoms with Crippen molar-refractivity contribution in [1.29, 1.82) is 0 Å². The van der Waals surface area contributed by atoms with Crippen LogP contribution in [0.15, 0.2) is 22.9 Å². The van der Waals surface area contributed by atoms with Crippen molar-refractivity contribution in [3.05, 3.63) is 24.2 Å². The number of hydrogen-bond donors (Lipinski definition) is 1. The lowest BCUT2D eigenvalue weighted by molar-refractivity contribution is 0.174. The second kappa shape index (κ2) is 6.19. The third kappa shape index (κ3) is 3.20. The van der Waals surface area contributed by atoms with Crippen LogP contribution < -0.4 is 10.6 Å². The van der Waals surface area contributed by atoms with Gasteiger partial charge in [-0.25, -0.2) is 4.98 Å². The lowest BCUT2D eigenvalue weighted by atomic mass is 10.1. The van der Waals surface area contributed by atoms with E-state index in [9.17, 15) is 0 Å². The predicted octanol–water partition coefficient (Wildman–Crippen LogP) is 1.21. The largest absolute Gasteiger partial charge is 0.377 e. The van der Waals surface area contributed by atoms with E-state index in [0.717, 1.165) is 37.3 Å². The van der Waals surface area contributed by atoms with E-state index in [2.05, 4.69) is 20.0 Å². The van der Waals surface area contributed by atoms with Gasteiger partial charge >= 0.3 is 0 Å². The van der Waals surface area contributed by atoms with Crippen molar-refractivity contribution in [3.63, 3.8) is 0 Å². The number of aromatic nitrogens is 3. The highest BCUT2D eigenvalue weighted by atomic mass is 16.5. The lowest BCUT2D eigenvalue weighted by Gasteiger charge is -2.31. The molecule has 0 spiro atoms. The number of methoxy groups -OCH3 is 1. The van der Waals surface area contributed by atoms with Crippen LogP contribution in [0.4, 0.5) is 5.82 Å². The number of ether oxygens (including phenoxy) is 1. The minimum absolute atomic E-state index is 0.318. The summed E-state index contributed by atoms with van der Waals surface area (Å²) in [4.78, 5) is 11.0. The van der Waals surface area contributed by atoms with Gasteiger partial charge in [-0.3, -0.25) is 0 Å². The molecule has 1 fully saturated rings. The molecule has 21 heavy (non-hydrogen) atoms. The molecule has 1 saturated heterocycles. The number of piperidine rings is 1. The van der Waals surface area contributed by atoms with Gasteiger partial charge in [-0.05, 0) is 25.0 Å². The van der Waals surface area contributed by atoms with Crippen LogP contribution in [0.3, 0.4) is 0 Å². The van der Waals surface area contributed by atoms with Crippen LogP contribution in [0, 0.1) is 0 Å². The van der Waals surface area contributed by atoms with Crippen LogP contribution >= 0.6 is 0 Å². The fourth-order valence-electron chi connectivity index (χ4n) is 2.39. The molecule has 2 N–H and O–H groups in total. The summed E-state index contributed by atoms with van der Waals surface area (Å²) in [6.07, 6.45) is 3.77. The topological polar surface area (TPSA) is 90.3 Å². The SMILES string of the molecule is COCc1noc(-c2ccc(N3CCC(N)CC3)nc2)n1. The zero-order chi connectivity index (χ0) is 14.7. The number of rotatable bonds is 4. The maximum absolute atomic E-state index is 5.92. The molecule has 1 aliphatic heterocycles. The van der Waals surface area contributed by atoms with Crippen LogP contribution in [-0.4, -0.2) is 41.4 Å². The number of nitrogens with two attached hydrogens (primary N) is 1. The first kappa shape index (κ1) is 14.0. The Morgan fingerprint density at radius 2 is 2.19 bits per heavy atom. The van der Waals surface area contributed by atoms with E-state index in [1.54, 1.807) is 13.3 Å². The summed E-state index contributed by atoms with van der Waals surface area (Å²) in [7, 11) is 1.59. The first-order valence-corrected chi connectivity index (χ1v) is 7.05. The fraction of sp³-hybridized carbons (Fsp3) is 0.500. The lowest BCUT2D eigenvalue weighted by Crippen LogP contribution is -2.40. The van der Waals surface area contributed by atoms with Crippen molar-refractivity contribution in [2.45, 2.75) is 25.5 Å². The smallest absolute Gasteiger partial charge is 0.259 e. The molecule has 7 nitrogen and oxygen atoms in total. The van der Waals surface area contributed by atoms with Crippen LogP contribution in [0.5, 0.6) is 0 Å². The first-order valence-electron chi connectivity index (χ1n) is 7.05. The number of anilines is 1. The van der Waals surface area contributed by atoms with E-state index in [1.807, 2.05) is 12.1 Å². The van der Waals surface area contributed by atoms with E-state index < -0.39 is 0 Å². The molecule has 1 aliphatic rings. The molecule has 0 aromatic carbocycles. The molecule has 0 aliphatic carbocycles. The van der Waals surface area contributed by atoms with Gasteiger partial charge in [0.25, 0.3) is 5.89 Å². The Kier molecular flexibility index (Phi) is 4.12. The van der Waals surface area contributed by atoms with E-state index in [1.165, 1.54) is 0 Å². The van der Waals surface area contributed by atoms with E-state index in [-0.39, 0.29) is 0 Å². The van der Waals surface area contributed by atoms with Crippen LogP contribution in [0.2, 0.25) is 0 Å². The number of pyridine rings is 1. The van der Waals surface area contributed by atoms with E-state index in [4.69, 9.17) is 15.0 Å². The predicted molar refractivity (Wildman–Crippen MR) is 77.7 cm³/mol. The highest BCUT2D eigenvalue weighted by molar-refractivity contribution is 5.54. The molecule has 0 saturated carbocycles. The summed E-state index contributed by atoms with van der Waals surface area (Å²) in [5.41, 5.74) is 6.72. The molecule has 112 valence electrons. The average molecular weight is 289 g/mol. The molecule has 2 aromatic rings. The van der Waals surface area contributed by atoms with Crippen molar-refractivity contribution in [3.8, 4) is 11.5 Å². The zero-order valence-electron chi connectivity index (χ0n) is 12.0. The Morgan fingerprint density at radius 1 is 1.38 bits per heavy atom. The van der Waals surface area contributed by atoms with Gasteiger partial charge in [-0.1, -0.05) is 5.16 Å². The van der Waals surface area contributed by atoms with Crippen LogP contribution in [0.1, 0.15) is 18.7 Å². The Morgan fingerprint density at radius 3 is 2.86 bits per heavy atom. The van der Waals surface area contributed by atoms with Gasteiger partial charge in [0.05, 0.1) is 5.56 Å². The summed E-state index contributed by atoms with van der Waals surface area (Å²) in [6, 6.07) is 4.24. The Labute approximate surface area is 123 Å². The normalized spacial score (nSPS) is 16.4. The molecule has 0 atom stereocenters. The van der Waals surface area contributed by atoms with E-state index >= 15 is 0 Å². The van der Waals surface area contributed by atoms with Crippen LogP contribution in [-0.2, 0) is 11.3 Å². The molecule has 0 bridgehead atoms. The third-order valence-electron chi connectivity index (χ3n) is 3.60. The highest BCUT2D eigenvalue weighted by Crippen LogP contribution is 2.21. The second-order valence-corrected chi connectivity index (χ2v) is 5.18. The zero-order valence-corrected chi connectivity index (χ0v) is 12.0. The summed E-state index contributed by atoms with van der Waals surface area (Å²) in [6.45, 7) is 2.24. The molecule has 2 aromatic heterocycles. The average Bonchev–Trinajstić information content (AvgIpc) is 2.97. The minimum atomic E-state index is 0.318. The minimum Gasteiger partial charge on any atom is -0.377 e. The fourth-order valence-corrected chi connectivity index (χ4v) is 2.39. The molecule has 3 rings (SSSR count). The molecule has 0 unspecified atom stereocenters. The van der Waals surface area contributed by atoms with Crippen molar-refractivity contribution >= 4 is 5.82 Å². The van der Waals surface area contributed by atoms with Gasteiger partial charge < -0.3 is 19.9 Å². The maximum Gasteiger partial charge on any atom is 0.259 e. The quantitative estimate of drug-likeness (QED) is 0.904. The number of hydrogen-bond acceptors (Lipinski definition) is 7. The highest BCUT2D eigenvalue weighted by Gasteiger charge is 2.17. The monoisotopic (exact) mass is 289 g/mol. The van der Waals surface area contributed by atoms with Crippen molar-refractivity contribution in [2.75, 3.05) is 25.1 Å². The summed E-state index contributed by atoms with van der Waals surface area (Å²) in [5, 5.41) is 3.84. The van der Waals surface area contributed by atoms with Gasteiger partial charge in [-0.2, -0.15) is 4.98 Å². The van der Waals surface area contributed by atoms with Crippen molar-refractivity contribution in [1.82, 2.24) is 15.1 Å². The Bertz CT molecular complexity index is 575. The van der Waals surface area contributed by atoms with Gasteiger partial charge in [0.1, 0.15) is 12.4 Å². The molecule has 0 amide bonds. The summed E-state index contributed by atoms with van der Waals surface area (Å²) in [5.74, 6) is 1.95. The Hall–Kier alpha value is -1.99. The van der Waals surface area contributed by atoms with E-state index in [0.29, 0.717) is 24.4 Å².